The second kappa shape index (κ2) is 10.8. The molecular formula is C17H24Cl2FNO. The van der Waals surface area contributed by atoms with Crippen molar-refractivity contribution in [2.75, 3.05) is 11.8 Å². The van der Waals surface area contributed by atoms with Crippen molar-refractivity contribution in [1.82, 2.24) is 5.32 Å². The number of nitrogens with one attached hydrogen (secondary N) is 1. The van der Waals surface area contributed by atoms with Gasteiger partial charge in [-0.05, 0) is 37.8 Å². The smallest absolute Gasteiger partial charge is 0.254 e. The molecule has 2 nitrogen and oxygen atoms in total. The van der Waals surface area contributed by atoms with E-state index in [1.807, 2.05) is 6.92 Å². The fraction of sp³-hybridized carbons (Fsp3) is 0.588. The Morgan fingerprint density at radius 2 is 1.82 bits per heavy atom. The second-order valence-electron chi connectivity index (χ2n) is 5.52. The third kappa shape index (κ3) is 6.53. The van der Waals surface area contributed by atoms with Gasteiger partial charge in [0.05, 0.1) is 5.56 Å². The van der Waals surface area contributed by atoms with Crippen molar-refractivity contribution in [3.05, 3.63) is 35.6 Å². The molecule has 0 heterocycles. The van der Waals surface area contributed by atoms with E-state index in [2.05, 4.69) is 5.32 Å². The third-order valence-corrected chi connectivity index (χ3v) is 4.48. The summed E-state index contributed by atoms with van der Waals surface area (Å²) < 4.78 is 13.5. The van der Waals surface area contributed by atoms with E-state index in [0.29, 0.717) is 17.7 Å². The maximum Gasteiger partial charge on any atom is 0.254 e. The molecule has 0 aromatic heterocycles. The number of alkyl halides is 2. The lowest BCUT2D eigenvalue weighted by molar-refractivity contribution is 0.0915. The lowest BCUT2D eigenvalue weighted by Gasteiger charge is -2.28. The summed E-state index contributed by atoms with van der Waals surface area (Å²) in [5, 5.41) is 2.93. The Labute approximate surface area is 142 Å². The molecule has 1 aliphatic carbocycles. The fourth-order valence-corrected chi connectivity index (χ4v) is 2.68. The maximum absolute atomic E-state index is 13.5. The second-order valence-corrected chi connectivity index (χ2v) is 6.27. The van der Waals surface area contributed by atoms with Crippen molar-refractivity contribution in [3.8, 4) is 0 Å². The molecule has 5 heteroatoms. The lowest BCUT2D eigenvalue weighted by Crippen LogP contribution is -2.39. The Morgan fingerprint density at radius 3 is 2.36 bits per heavy atom. The summed E-state index contributed by atoms with van der Waals surface area (Å²) in [6, 6.07) is 6.25. The first-order chi connectivity index (χ1) is 10.6. The Morgan fingerprint density at radius 1 is 1.23 bits per heavy atom. The van der Waals surface area contributed by atoms with Crippen LogP contribution in [0.2, 0.25) is 0 Å². The van der Waals surface area contributed by atoms with Crippen LogP contribution in [0.3, 0.4) is 0 Å². The van der Waals surface area contributed by atoms with Crippen molar-refractivity contribution in [1.29, 1.82) is 0 Å². The van der Waals surface area contributed by atoms with Crippen LogP contribution in [0.5, 0.6) is 0 Å². The molecule has 1 atom stereocenters. The van der Waals surface area contributed by atoms with Gasteiger partial charge in [-0.1, -0.05) is 31.4 Å². The van der Waals surface area contributed by atoms with Gasteiger partial charge in [-0.2, -0.15) is 0 Å². The van der Waals surface area contributed by atoms with E-state index < -0.39 is 5.82 Å². The summed E-state index contributed by atoms with van der Waals surface area (Å²) in [4.78, 5) is 12.0. The first-order valence-corrected chi connectivity index (χ1v) is 8.84. The Hall–Kier alpha value is -0.800. The van der Waals surface area contributed by atoms with Gasteiger partial charge in [0.25, 0.3) is 5.91 Å². The average molecular weight is 348 g/mol. The number of carbonyl (C=O) groups is 1. The highest BCUT2D eigenvalue weighted by Gasteiger charge is 2.22. The standard InChI is InChI=1S/C15H20FNO.C2H4Cl2/c1-11(12-7-3-2-4-8-12)17-15(18)13-9-5-6-10-14(13)16;3-1-2-4/h5-6,9-12H,2-4,7-8H2,1H3,(H,17,18);1-2H2/t11-;/m0./s1. The van der Waals surface area contributed by atoms with Crippen LogP contribution in [-0.2, 0) is 0 Å². The summed E-state index contributed by atoms with van der Waals surface area (Å²) >= 11 is 10.1. The van der Waals surface area contributed by atoms with Crippen molar-refractivity contribution in [3.63, 3.8) is 0 Å². The first kappa shape index (κ1) is 19.2. The first-order valence-electron chi connectivity index (χ1n) is 7.77. The normalized spacial score (nSPS) is 16.4. The van der Waals surface area contributed by atoms with Gasteiger partial charge in [0.1, 0.15) is 5.82 Å². The minimum Gasteiger partial charge on any atom is -0.349 e. The highest BCUT2D eigenvalue weighted by atomic mass is 35.5. The van der Waals surface area contributed by atoms with Crippen LogP contribution < -0.4 is 5.32 Å². The quantitative estimate of drug-likeness (QED) is 0.763. The number of halogens is 3. The molecule has 124 valence electrons. The van der Waals surface area contributed by atoms with E-state index >= 15 is 0 Å². The molecule has 22 heavy (non-hydrogen) atoms. The van der Waals surface area contributed by atoms with Crippen LogP contribution in [0.4, 0.5) is 4.39 Å². The van der Waals surface area contributed by atoms with Gasteiger partial charge in [0, 0.05) is 17.8 Å². The van der Waals surface area contributed by atoms with E-state index in [1.54, 1.807) is 12.1 Å². The van der Waals surface area contributed by atoms with E-state index in [0.717, 1.165) is 0 Å². The molecule has 1 saturated carbocycles. The van der Waals surface area contributed by atoms with E-state index in [9.17, 15) is 9.18 Å². The number of hydrogen-bond acceptors (Lipinski definition) is 1. The predicted molar refractivity (Wildman–Crippen MR) is 91.3 cm³/mol. The van der Waals surface area contributed by atoms with Gasteiger partial charge < -0.3 is 5.32 Å². The maximum atomic E-state index is 13.5. The molecule has 1 fully saturated rings. The highest BCUT2D eigenvalue weighted by Crippen LogP contribution is 2.26. The van der Waals surface area contributed by atoms with Crippen LogP contribution in [-0.4, -0.2) is 23.7 Å². The van der Waals surface area contributed by atoms with Gasteiger partial charge in [0.2, 0.25) is 0 Å². The molecule has 0 bridgehead atoms. The number of benzene rings is 1. The van der Waals surface area contributed by atoms with E-state index in [1.165, 1.54) is 44.2 Å². The van der Waals surface area contributed by atoms with Gasteiger partial charge >= 0.3 is 0 Å². The van der Waals surface area contributed by atoms with E-state index in [4.69, 9.17) is 23.2 Å². The molecule has 1 aliphatic rings. The van der Waals surface area contributed by atoms with Crippen LogP contribution in [0.25, 0.3) is 0 Å². The minimum absolute atomic E-state index is 0.123. The number of hydrogen-bond donors (Lipinski definition) is 1. The van der Waals surface area contributed by atoms with E-state index in [-0.39, 0.29) is 17.5 Å². The zero-order valence-corrected chi connectivity index (χ0v) is 14.5. The molecule has 1 amide bonds. The Kier molecular flexibility index (Phi) is 9.49. The number of rotatable bonds is 4. The minimum atomic E-state index is -0.453. The number of carbonyl (C=O) groups excluding carboxylic acids is 1. The molecule has 1 N–H and O–H groups in total. The molecule has 0 unspecified atom stereocenters. The van der Waals surface area contributed by atoms with Crippen molar-refractivity contribution in [2.45, 2.75) is 45.1 Å². The van der Waals surface area contributed by atoms with Gasteiger partial charge in [-0.25, -0.2) is 4.39 Å². The van der Waals surface area contributed by atoms with Crippen LogP contribution in [0, 0.1) is 11.7 Å². The zero-order valence-electron chi connectivity index (χ0n) is 13.0. The van der Waals surface area contributed by atoms with Crippen molar-refractivity contribution < 1.29 is 9.18 Å². The van der Waals surface area contributed by atoms with Crippen LogP contribution in [0.15, 0.2) is 24.3 Å². The largest absolute Gasteiger partial charge is 0.349 e. The monoisotopic (exact) mass is 347 g/mol. The fourth-order valence-electron chi connectivity index (χ4n) is 2.68. The zero-order chi connectivity index (χ0) is 16.4. The van der Waals surface area contributed by atoms with Crippen LogP contribution in [0.1, 0.15) is 49.4 Å². The topological polar surface area (TPSA) is 29.1 Å². The SMILES string of the molecule is C[C@H](NC(=O)c1ccccc1F)C1CCCCC1.ClCCCl. The summed E-state index contributed by atoms with van der Waals surface area (Å²) in [7, 11) is 0. The summed E-state index contributed by atoms with van der Waals surface area (Å²) in [5.74, 6) is 0.898. The molecule has 0 saturated heterocycles. The summed E-state index contributed by atoms with van der Waals surface area (Å²) in [6.45, 7) is 2.02. The third-order valence-electron chi connectivity index (χ3n) is 3.91. The summed E-state index contributed by atoms with van der Waals surface area (Å²) in [6.07, 6.45) is 6.11. The molecule has 2 rings (SSSR count). The highest BCUT2D eigenvalue weighted by molar-refractivity contribution is 6.25. The van der Waals surface area contributed by atoms with Gasteiger partial charge in [-0.15, -0.1) is 23.2 Å². The van der Waals surface area contributed by atoms with Crippen molar-refractivity contribution in [2.24, 2.45) is 5.92 Å². The average Bonchev–Trinajstić information content (AvgIpc) is 2.56. The Bertz CT molecular complexity index is 448. The van der Waals surface area contributed by atoms with Crippen molar-refractivity contribution >= 4 is 29.1 Å². The molecule has 0 spiro atoms. The molecule has 1 aromatic carbocycles. The molecule has 0 radical (unpaired) electrons. The predicted octanol–water partition coefficient (Wildman–Crippen LogP) is 4.99. The van der Waals surface area contributed by atoms with Gasteiger partial charge in [-0.3, -0.25) is 4.79 Å². The number of amides is 1. The Balaban J connectivity index is 0.000000541. The molecular weight excluding hydrogens is 324 g/mol. The lowest BCUT2D eigenvalue weighted by atomic mass is 9.84. The summed E-state index contributed by atoms with van der Waals surface area (Å²) in [5.41, 5.74) is 0.139. The molecule has 1 aromatic rings. The van der Waals surface area contributed by atoms with Crippen LogP contribution >= 0.6 is 23.2 Å². The molecule has 0 aliphatic heterocycles. The van der Waals surface area contributed by atoms with Gasteiger partial charge in [0.15, 0.2) is 0 Å².